The van der Waals surface area contributed by atoms with Gasteiger partial charge < -0.3 is 24.7 Å². The number of fused-ring (bicyclic) bond motifs is 1. The molecule has 0 unspecified atom stereocenters. The van der Waals surface area contributed by atoms with Crippen LogP contribution in [0.25, 0.3) is 11.0 Å². The van der Waals surface area contributed by atoms with Gasteiger partial charge in [0.25, 0.3) is 5.91 Å². The maximum Gasteiger partial charge on any atom is 0.253 e. The Morgan fingerprint density at radius 2 is 1.94 bits per heavy atom. The van der Waals surface area contributed by atoms with Crippen LogP contribution in [0.3, 0.4) is 0 Å². The minimum Gasteiger partial charge on any atom is -0.492 e. The maximum atomic E-state index is 13.2. The summed E-state index contributed by atoms with van der Waals surface area (Å²) in [5.74, 6) is 0.136. The molecule has 0 aliphatic heterocycles. The Morgan fingerprint density at radius 3 is 2.72 bits per heavy atom. The van der Waals surface area contributed by atoms with Crippen LogP contribution < -0.4 is 15.4 Å². The minimum atomic E-state index is -0.306. The highest BCUT2D eigenvalue weighted by molar-refractivity contribution is 6.07. The third kappa shape index (κ3) is 6.67. The summed E-state index contributed by atoms with van der Waals surface area (Å²) in [6.45, 7) is 1.46. The zero-order valence-corrected chi connectivity index (χ0v) is 20.1. The first-order valence-corrected chi connectivity index (χ1v) is 11.8. The zero-order valence-electron chi connectivity index (χ0n) is 20.1. The van der Waals surface area contributed by atoms with Gasteiger partial charge in [0.1, 0.15) is 12.4 Å². The van der Waals surface area contributed by atoms with E-state index in [1.807, 2.05) is 34.9 Å². The van der Waals surface area contributed by atoms with E-state index in [2.05, 4.69) is 32.7 Å². The number of imidazole rings is 1. The van der Waals surface area contributed by atoms with E-state index in [9.17, 15) is 9.59 Å². The van der Waals surface area contributed by atoms with Gasteiger partial charge in [-0.15, -0.1) is 0 Å². The van der Waals surface area contributed by atoms with Crippen LogP contribution in [0.4, 0.5) is 5.69 Å². The molecule has 9 heteroatoms. The van der Waals surface area contributed by atoms with Gasteiger partial charge in [0.15, 0.2) is 0 Å². The van der Waals surface area contributed by atoms with Crippen LogP contribution in [-0.2, 0) is 22.5 Å². The van der Waals surface area contributed by atoms with Gasteiger partial charge in [0, 0.05) is 32.1 Å². The first-order valence-electron chi connectivity index (χ1n) is 11.8. The minimum absolute atomic E-state index is 0.0813. The molecular weight excluding hydrogens is 458 g/mol. The summed E-state index contributed by atoms with van der Waals surface area (Å²) >= 11 is 0. The lowest BCUT2D eigenvalue weighted by Gasteiger charge is -2.13. The molecule has 0 saturated heterocycles. The smallest absolute Gasteiger partial charge is 0.253 e. The van der Waals surface area contributed by atoms with Crippen molar-refractivity contribution in [3.05, 3.63) is 84.4 Å². The number of aromatic nitrogens is 3. The number of benzene rings is 2. The Morgan fingerprint density at radius 1 is 1.08 bits per heavy atom. The summed E-state index contributed by atoms with van der Waals surface area (Å²) in [4.78, 5) is 33.8. The molecule has 2 aromatic carbocycles. The average molecular weight is 488 g/mol. The second kappa shape index (κ2) is 12.5. The Labute approximate surface area is 209 Å². The average Bonchev–Trinajstić information content (AvgIpc) is 3.31. The maximum absolute atomic E-state index is 13.2. The monoisotopic (exact) mass is 487 g/mol. The lowest BCUT2D eigenvalue weighted by Crippen LogP contribution is -2.26. The Kier molecular flexibility index (Phi) is 8.61. The first kappa shape index (κ1) is 24.9. The molecule has 2 amide bonds. The van der Waals surface area contributed by atoms with E-state index >= 15 is 0 Å². The Balaban J connectivity index is 1.49. The van der Waals surface area contributed by atoms with Gasteiger partial charge in [-0.1, -0.05) is 30.3 Å². The van der Waals surface area contributed by atoms with Crippen LogP contribution in [0.5, 0.6) is 5.75 Å². The highest BCUT2D eigenvalue weighted by atomic mass is 16.5. The van der Waals surface area contributed by atoms with Crippen molar-refractivity contribution in [3.63, 3.8) is 0 Å². The van der Waals surface area contributed by atoms with Gasteiger partial charge in [-0.2, -0.15) is 0 Å². The summed E-state index contributed by atoms with van der Waals surface area (Å²) in [5, 5.41) is 5.73. The molecule has 186 valence electrons. The normalized spacial score (nSPS) is 10.8. The Hall–Kier alpha value is -4.24. The van der Waals surface area contributed by atoms with Crippen molar-refractivity contribution in [1.82, 2.24) is 19.9 Å². The van der Waals surface area contributed by atoms with E-state index in [-0.39, 0.29) is 18.4 Å². The Bertz CT molecular complexity index is 1290. The molecule has 0 atom stereocenters. The summed E-state index contributed by atoms with van der Waals surface area (Å²) in [5.41, 5.74) is 3.48. The van der Waals surface area contributed by atoms with E-state index in [0.717, 1.165) is 11.9 Å². The number of rotatable bonds is 12. The quantitative estimate of drug-likeness (QED) is 0.297. The number of carbonyl (C=O) groups excluding carboxylic acids is 2. The number of hydrogen-bond donors (Lipinski definition) is 2. The second-order valence-electron chi connectivity index (χ2n) is 8.19. The molecule has 2 aromatic heterocycles. The molecule has 4 aromatic rings. The predicted molar refractivity (Wildman–Crippen MR) is 137 cm³/mol. The molecule has 0 spiro atoms. The lowest BCUT2D eigenvalue weighted by molar-refractivity contribution is -0.119. The molecule has 0 saturated carbocycles. The fourth-order valence-corrected chi connectivity index (χ4v) is 3.84. The van der Waals surface area contributed by atoms with Crippen LogP contribution in [0.15, 0.2) is 73.3 Å². The molecule has 36 heavy (non-hydrogen) atoms. The van der Waals surface area contributed by atoms with Gasteiger partial charge in [-0.3, -0.25) is 14.6 Å². The highest BCUT2D eigenvalue weighted by Gasteiger charge is 2.17. The number of hydrogen-bond acceptors (Lipinski definition) is 6. The topological polar surface area (TPSA) is 107 Å². The molecule has 9 nitrogen and oxygen atoms in total. The SMILES string of the molecule is COCC(=O)Nc1cc(C(=O)NCCCOc2cccnc2)c2c(c1)ncn2CCc1ccccc1. The van der Waals surface area contributed by atoms with E-state index in [1.54, 1.807) is 30.9 Å². The number of nitrogens with one attached hydrogen (secondary N) is 2. The largest absolute Gasteiger partial charge is 0.492 e. The van der Waals surface area contributed by atoms with Crippen molar-refractivity contribution in [2.75, 3.05) is 32.2 Å². The first-order chi connectivity index (χ1) is 17.6. The van der Waals surface area contributed by atoms with Crippen LogP contribution in [-0.4, -0.2) is 53.2 Å². The highest BCUT2D eigenvalue weighted by Crippen LogP contribution is 2.24. The molecule has 2 N–H and O–H groups in total. The molecule has 0 fully saturated rings. The number of methoxy groups -OCH3 is 1. The van der Waals surface area contributed by atoms with Gasteiger partial charge in [-0.25, -0.2) is 4.98 Å². The molecule has 0 bridgehead atoms. The molecule has 0 aliphatic carbocycles. The van der Waals surface area contributed by atoms with E-state index in [0.29, 0.717) is 48.6 Å². The zero-order chi connectivity index (χ0) is 25.2. The fraction of sp³-hybridized carbons (Fsp3) is 0.259. The molecule has 0 aliphatic rings. The number of aryl methyl sites for hydroxylation is 2. The van der Waals surface area contributed by atoms with Crippen molar-refractivity contribution >= 4 is 28.5 Å². The van der Waals surface area contributed by atoms with E-state index in [4.69, 9.17) is 9.47 Å². The third-order valence-corrected chi connectivity index (χ3v) is 5.51. The summed E-state index contributed by atoms with van der Waals surface area (Å²) in [6.07, 6.45) is 6.49. The predicted octanol–water partition coefficient (Wildman–Crippen LogP) is 3.46. The van der Waals surface area contributed by atoms with Crippen molar-refractivity contribution in [2.24, 2.45) is 0 Å². The number of nitrogens with zero attached hydrogens (tertiary/aromatic N) is 3. The standard InChI is InChI=1S/C27H29N5O4/c1-35-18-25(33)31-21-15-23(27(34)29-12-6-14-36-22-9-5-11-28-17-22)26-24(16-21)30-19-32(26)13-10-20-7-3-2-4-8-20/h2-5,7-9,11,15-17,19H,6,10,12-14,18H2,1H3,(H,29,34)(H,31,33). The van der Waals surface area contributed by atoms with Gasteiger partial charge in [-0.05, 0) is 42.7 Å². The van der Waals surface area contributed by atoms with E-state index < -0.39 is 0 Å². The molecule has 0 radical (unpaired) electrons. The number of pyridine rings is 1. The van der Waals surface area contributed by atoms with Crippen molar-refractivity contribution in [3.8, 4) is 5.75 Å². The van der Waals surface area contributed by atoms with Gasteiger partial charge in [0.05, 0.1) is 35.7 Å². The third-order valence-electron chi connectivity index (χ3n) is 5.51. The van der Waals surface area contributed by atoms with Crippen LogP contribution in [0.1, 0.15) is 22.3 Å². The van der Waals surface area contributed by atoms with Crippen LogP contribution in [0.2, 0.25) is 0 Å². The van der Waals surface area contributed by atoms with Crippen molar-refractivity contribution in [1.29, 1.82) is 0 Å². The van der Waals surface area contributed by atoms with Crippen LogP contribution in [0, 0.1) is 0 Å². The van der Waals surface area contributed by atoms with Crippen molar-refractivity contribution < 1.29 is 19.1 Å². The fourth-order valence-electron chi connectivity index (χ4n) is 3.84. The van der Waals surface area contributed by atoms with Crippen molar-refractivity contribution in [2.45, 2.75) is 19.4 Å². The lowest BCUT2D eigenvalue weighted by atomic mass is 10.1. The molecular formula is C27H29N5O4. The second-order valence-corrected chi connectivity index (χ2v) is 8.19. The van der Waals surface area contributed by atoms with Gasteiger partial charge >= 0.3 is 0 Å². The summed E-state index contributed by atoms with van der Waals surface area (Å²) < 4.78 is 12.5. The molecule has 2 heterocycles. The van der Waals surface area contributed by atoms with E-state index in [1.165, 1.54) is 12.7 Å². The molecule has 4 rings (SSSR count). The van der Waals surface area contributed by atoms with Gasteiger partial charge in [0.2, 0.25) is 5.91 Å². The number of anilines is 1. The van der Waals surface area contributed by atoms with Crippen LogP contribution >= 0.6 is 0 Å². The summed E-state index contributed by atoms with van der Waals surface area (Å²) in [7, 11) is 1.45. The number of ether oxygens (including phenoxy) is 2. The number of amides is 2. The summed E-state index contributed by atoms with van der Waals surface area (Å²) in [6, 6.07) is 17.2. The number of carbonyl (C=O) groups is 2.